The number of benzene rings is 1. The van der Waals surface area contributed by atoms with E-state index in [1.165, 1.54) is 28.6 Å². The number of para-hydroxylation sites is 1. The number of hydrogen-bond donors (Lipinski definition) is 0. The van der Waals surface area contributed by atoms with Gasteiger partial charge in [0.15, 0.2) is 4.90 Å². The van der Waals surface area contributed by atoms with Gasteiger partial charge < -0.3 is 4.90 Å². The monoisotopic (exact) mass is 449 g/mol. The molecule has 9 heteroatoms. The lowest BCUT2D eigenvalue weighted by molar-refractivity contribution is -0.387. The van der Waals surface area contributed by atoms with Crippen molar-refractivity contribution in [1.82, 2.24) is 9.21 Å². The van der Waals surface area contributed by atoms with Crippen LogP contribution >= 0.6 is 0 Å². The number of amides is 1. The zero-order chi connectivity index (χ0) is 22.6. The number of rotatable bonds is 4. The molecule has 4 rings (SSSR count). The minimum atomic E-state index is -3.98. The summed E-state index contributed by atoms with van der Waals surface area (Å²) < 4.78 is 27.4. The van der Waals surface area contributed by atoms with Crippen molar-refractivity contribution in [1.29, 1.82) is 0 Å². The van der Waals surface area contributed by atoms with Crippen molar-refractivity contribution in [3.8, 4) is 0 Å². The zero-order valence-corrected chi connectivity index (χ0v) is 19.2. The summed E-state index contributed by atoms with van der Waals surface area (Å²) in [6.45, 7) is 8.01. The van der Waals surface area contributed by atoms with Gasteiger partial charge in [0.2, 0.25) is 15.9 Å². The maximum absolute atomic E-state index is 13.3. The van der Waals surface area contributed by atoms with Crippen LogP contribution in [0.3, 0.4) is 0 Å². The number of sulfonamides is 1. The molecule has 2 aliphatic heterocycles. The van der Waals surface area contributed by atoms with E-state index in [4.69, 9.17) is 0 Å². The molecule has 170 valence electrons. The lowest BCUT2D eigenvalue weighted by Gasteiger charge is -2.39. The molecule has 3 aliphatic rings. The summed E-state index contributed by atoms with van der Waals surface area (Å²) in [5, 5.41) is 11.3. The van der Waals surface area contributed by atoms with Gasteiger partial charge in [0.25, 0.3) is 5.69 Å². The second kappa shape index (κ2) is 7.55. The maximum atomic E-state index is 13.3. The fourth-order valence-electron chi connectivity index (χ4n) is 6.26. The highest BCUT2D eigenvalue weighted by atomic mass is 32.2. The first-order valence-corrected chi connectivity index (χ1v) is 12.4. The Bertz CT molecular complexity index is 1000. The zero-order valence-electron chi connectivity index (χ0n) is 18.4. The van der Waals surface area contributed by atoms with Crippen molar-refractivity contribution in [3.05, 3.63) is 34.4 Å². The number of piperidine rings is 1. The van der Waals surface area contributed by atoms with E-state index in [-0.39, 0.29) is 46.7 Å². The normalized spacial score (nSPS) is 29.1. The first-order valence-electron chi connectivity index (χ1n) is 11.0. The molecule has 2 saturated heterocycles. The summed E-state index contributed by atoms with van der Waals surface area (Å²) in [5.41, 5.74) is -0.0201. The number of likely N-dealkylation sites (tertiary alicyclic amines) is 1. The highest BCUT2D eigenvalue weighted by Gasteiger charge is 2.52. The van der Waals surface area contributed by atoms with Gasteiger partial charge in [-0.2, -0.15) is 4.31 Å². The number of hydrogen-bond acceptors (Lipinski definition) is 5. The Kier molecular flexibility index (Phi) is 5.41. The Hall–Kier alpha value is -2.00. The third kappa shape index (κ3) is 4.09. The molecule has 1 saturated carbocycles. The highest BCUT2D eigenvalue weighted by molar-refractivity contribution is 7.89. The number of fused-ring (bicyclic) bond motifs is 2. The SMILES string of the molecule is CC1(C)C[C@H]2C[C@](C)(CN2C(=O)C2CCN(S(=O)(=O)c3ccccc3[N+](=O)[O-])CC2)C1. The summed E-state index contributed by atoms with van der Waals surface area (Å²) in [4.78, 5) is 25.7. The van der Waals surface area contributed by atoms with Crippen LogP contribution in [0.2, 0.25) is 0 Å². The van der Waals surface area contributed by atoms with Gasteiger partial charge in [0.05, 0.1) is 4.92 Å². The van der Waals surface area contributed by atoms with Crippen LogP contribution in [0.1, 0.15) is 52.9 Å². The van der Waals surface area contributed by atoms with Gasteiger partial charge in [0.1, 0.15) is 0 Å². The van der Waals surface area contributed by atoms with Gasteiger partial charge in [-0.05, 0) is 49.0 Å². The first-order chi connectivity index (χ1) is 14.4. The average Bonchev–Trinajstić information content (AvgIpc) is 2.96. The number of carbonyl (C=O) groups is 1. The summed E-state index contributed by atoms with van der Waals surface area (Å²) >= 11 is 0. The molecule has 0 unspecified atom stereocenters. The van der Waals surface area contributed by atoms with Gasteiger partial charge in [-0.15, -0.1) is 0 Å². The largest absolute Gasteiger partial charge is 0.339 e. The lowest BCUT2D eigenvalue weighted by atomic mass is 9.65. The average molecular weight is 450 g/mol. The van der Waals surface area contributed by atoms with E-state index in [9.17, 15) is 23.3 Å². The minimum Gasteiger partial charge on any atom is -0.339 e. The molecule has 8 nitrogen and oxygen atoms in total. The van der Waals surface area contributed by atoms with Crippen molar-refractivity contribution < 1.29 is 18.1 Å². The summed E-state index contributed by atoms with van der Waals surface area (Å²) in [6, 6.07) is 5.70. The van der Waals surface area contributed by atoms with Gasteiger partial charge in [-0.1, -0.05) is 32.9 Å². The third-order valence-electron chi connectivity index (χ3n) is 7.18. The summed E-state index contributed by atoms with van der Waals surface area (Å²) in [5.74, 6) is -0.0440. The number of carbonyl (C=O) groups excluding carboxylic acids is 1. The van der Waals surface area contributed by atoms with Gasteiger partial charge in [-0.3, -0.25) is 14.9 Å². The molecular formula is C22H31N3O5S. The first kappa shape index (κ1) is 22.2. The highest BCUT2D eigenvalue weighted by Crippen LogP contribution is 2.53. The van der Waals surface area contributed by atoms with Crippen molar-refractivity contribution in [2.45, 2.75) is 63.8 Å². The molecule has 1 aromatic rings. The number of nitro benzene ring substituents is 1. The predicted molar refractivity (Wildman–Crippen MR) is 116 cm³/mol. The minimum absolute atomic E-state index is 0.147. The van der Waals surface area contributed by atoms with E-state index >= 15 is 0 Å². The second-order valence-electron chi connectivity index (χ2n) is 10.6. The van der Waals surface area contributed by atoms with Crippen molar-refractivity contribution in [3.63, 3.8) is 0 Å². The van der Waals surface area contributed by atoms with E-state index in [2.05, 4.69) is 25.7 Å². The Morgan fingerprint density at radius 2 is 1.77 bits per heavy atom. The van der Waals surface area contributed by atoms with Crippen LogP contribution < -0.4 is 0 Å². The van der Waals surface area contributed by atoms with E-state index in [1.807, 2.05) is 0 Å². The Balaban J connectivity index is 1.45. The quantitative estimate of drug-likeness (QED) is 0.518. The fraction of sp³-hybridized carbons (Fsp3) is 0.682. The van der Waals surface area contributed by atoms with E-state index in [0.717, 1.165) is 25.8 Å². The van der Waals surface area contributed by atoms with Crippen LogP contribution in [-0.2, 0) is 14.8 Å². The molecule has 31 heavy (non-hydrogen) atoms. The van der Waals surface area contributed by atoms with Crippen molar-refractivity contribution in [2.24, 2.45) is 16.7 Å². The Morgan fingerprint density at radius 1 is 1.13 bits per heavy atom. The molecule has 2 heterocycles. The molecule has 3 fully saturated rings. The van der Waals surface area contributed by atoms with Crippen LogP contribution in [0.15, 0.2) is 29.2 Å². The molecule has 0 spiro atoms. The smallest absolute Gasteiger partial charge is 0.289 e. The van der Waals surface area contributed by atoms with Crippen LogP contribution in [0.4, 0.5) is 5.69 Å². The van der Waals surface area contributed by atoms with Crippen LogP contribution in [0, 0.1) is 26.9 Å². The molecule has 2 atom stereocenters. The molecular weight excluding hydrogens is 418 g/mol. The fourth-order valence-corrected chi connectivity index (χ4v) is 7.89. The molecule has 0 radical (unpaired) electrons. The maximum Gasteiger partial charge on any atom is 0.289 e. The molecule has 0 N–H and O–H groups in total. The molecule has 1 aliphatic carbocycles. The topological polar surface area (TPSA) is 101 Å². The summed E-state index contributed by atoms with van der Waals surface area (Å²) in [6.07, 6.45) is 4.07. The van der Waals surface area contributed by atoms with Crippen LogP contribution in [0.5, 0.6) is 0 Å². The number of nitrogens with zero attached hydrogens (tertiary/aromatic N) is 3. The second-order valence-corrected chi connectivity index (χ2v) is 12.5. The molecule has 2 bridgehead atoms. The van der Waals surface area contributed by atoms with Crippen molar-refractivity contribution in [2.75, 3.05) is 19.6 Å². The Labute approximate surface area is 183 Å². The van der Waals surface area contributed by atoms with Crippen molar-refractivity contribution >= 4 is 21.6 Å². The number of nitro groups is 1. The Morgan fingerprint density at radius 3 is 2.42 bits per heavy atom. The van der Waals surface area contributed by atoms with Gasteiger partial charge >= 0.3 is 0 Å². The van der Waals surface area contributed by atoms with Gasteiger partial charge in [-0.25, -0.2) is 8.42 Å². The van der Waals surface area contributed by atoms with Crippen LogP contribution in [0.25, 0.3) is 0 Å². The molecule has 1 aromatic carbocycles. The lowest BCUT2D eigenvalue weighted by Crippen LogP contribution is -2.46. The summed E-state index contributed by atoms with van der Waals surface area (Å²) in [7, 11) is -3.98. The van der Waals surface area contributed by atoms with E-state index < -0.39 is 20.6 Å². The van der Waals surface area contributed by atoms with Crippen LogP contribution in [-0.4, -0.2) is 54.1 Å². The molecule has 0 aromatic heterocycles. The predicted octanol–water partition coefficient (Wildman–Crippen LogP) is 3.42. The van der Waals surface area contributed by atoms with Gasteiger partial charge in [0, 0.05) is 37.7 Å². The van der Waals surface area contributed by atoms with E-state index in [1.54, 1.807) is 0 Å². The van der Waals surface area contributed by atoms with E-state index in [0.29, 0.717) is 12.8 Å². The molecule has 1 amide bonds. The standard InChI is InChI=1S/C22H31N3O5S/c1-21(2)12-17-13-22(3,14-21)15-24(17)20(26)16-8-10-23(11-9-16)31(29,30)19-7-5-4-6-18(19)25(27)28/h4-7,16-17H,8-15H2,1-3H3/t17-,22-/m0/s1. The third-order valence-corrected chi connectivity index (χ3v) is 9.13.